The van der Waals surface area contributed by atoms with Gasteiger partial charge in [-0.1, -0.05) is 37.6 Å². The maximum atomic E-state index is 14.4. The van der Waals surface area contributed by atoms with Crippen LogP contribution in [-0.2, 0) is 18.6 Å². The molecule has 18 heteroatoms. The Bertz CT molecular complexity index is 2440. The lowest BCUT2D eigenvalue weighted by Gasteiger charge is -2.20. The molecule has 0 aliphatic carbocycles. The van der Waals surface area contributed by atoms with Gasteiger partial charge in [0.05, 0.1) is 11.4 Å². The zero-order valence-corrected chi connectivity index (χ0v) is 30.7. The second-order valence-electron chi connectivity index (χ2n) is 12.5. The fourth-order valence-corrected chi connectivity index (χ4v) is 5.48. The molecule has 0 saturated heterocycles. The first-order valence-corrected chi connectivity index (χ1v) is 17.2. The van der Waals surface area contributed by atoms with Gasteiger partial charge >= 0.3 is 12.2 Å². The number of aryl methyl sites for hydroxylation is 1. The molecule has 0 N–H and O–H groups in total. The quantitative estimate of drug-likeness (QED) is 0.0962. The van der Waals surface area contributed by atoms with Gasteiger partial charge in [0.15, 0.2) is 34.9 Å². The fraction of sp³-hybridized carbons (Fsp3) is 0.143. The van der Waals surface area contributed by atoms with Crippen molar-refractivity contribution in [3.05, 3.63) is 172 Å². The zero-order valence-electron chi connectivity index (χ0n) is 30.7. The largest absolute Gasteiger partial charge is 0.432 e. The molecule has 0 amide bonds. The molecule has 0 atom stereocenters. The van der Waals surface area contributed by atoms with Gasteiger partial charge in [0.2, 0.25) is 0 Å². The van der Waals surface area contributed by atoms with E-state index in [1.54, 1.807) is 31.2 Å². The summed E-state index contributed by atoms with van der Waals surface area (Å²) in [6.45, 7) is 3.75. The van der Waals surface area contributed by atoms with Gasteiger partial charge in [0.25, 0.3) is 0 Å². The van der Waals surface area contributed by atoms with Crippen LogP contribution in [0.5, 0.6) is 11.5 Å². The lowest BCUT2D eigenvalue weighted by molar-refractivity contribution is -0.190. The first kappa shape index (κ1) is 44.6. The third-order valence-electron chi connectivity index (χ3n) is 8.17. The Morgan fingerprint density at radius 2 is 0.900 bits per heavy atom. The summed E-state index contributed by atoms with van der Waals surface area (Å²) in [5.74, 6) is -19.9. The Labute approximate surface area is 331 Å². The van der Waals surface area contributed by atoms with Crippen LogP contribution in [-0.4, -0.2) is 9.97 Å². The van der Waals surface area contributed by atoms with Gasteiger partial charge in [-0.05, 0) is 60.9 Å². The van der Waals surface area contributed by atoms with Gasteiger partial charge < -0.3 is 9.47 Å². The number of alkyl halides is 4. The summed E-state index contributed by atoms with van der Waals surface area (Å²) in [4.78, 5) is 8.08. The Morgan fingerprint density at radius 3 is 1.22 bits per heavy atom. The van der Waals surface area contributed by atoms with Crippen LogP contribution in [0.4, 0.5) is 61.5 Å². The molecule has 4 aromatic carbocycles. The topological polar surface area (TPSA) is 44.2 Å². The van der Waals surface area contributed by atoms with Crippen LogP contribution >= 0.6 is 0 Å². The predicted molar refractivity (Wildman–Crippen MR) is 190 cm³/mol. The molecule has 4 nitrogen and oxygen atoms in total. The van der Waals surface area contributed by atoms with Crippen molar-refractivity contribution in [2.24, 2.45) is 0 Å². The van der Waals surface area contributed by atoms with Gasteiger partial charge in [-0.15, -0.1) is 0 Å². The summed E-state index contributed by atoms with van der Waals surface area (Å²) >= 11 is 0. The van der Waals surface area contributed by atoms with Crippen molar-refractivity contribution in [1.29, 1.82) is 0 Å². The van der Waals surface area contributed by atoms with E-state index in [0.717, 1.165) is 24.0 Å². The predicted octanol–water partition coefficient (Wildman–Crippen LogP) is 13.1. The first-order chi connectivity index (χ1) is 28.2. The molecule has 0 radical (unpaired) electrons. The van der Waals surface area contributed by atoms with Crippen molar-refractivity contribution in [2.75, 3.05) is 0 Å². The average Bonchev–Trinajstić information content (AvgIpc) is 3.16. The molecule has 2 heterocycles. The Morgan fingerprint density at radius 1 is 0.517 bits per heavy atom. The Hall–Kier alpha value is -6.46. The summed E-state index contributed by atoms with van der Waals surface area (Å²) < 4.78 is 202. The van der Waals surface area contributed by atoms with Crippen LogP contribution in [0.3, 0.4) is 0 Å². The summed E-state index contributed by atoms with van der Waals surface area (Å²) in [7, 11) is 0. The molecule has 0 aliphatic rings. The van der Waals surface area contributed by atoms with E-state index < -0.39 is 93.0 Å². The van der Waals surface area contributed by atoms with E-state index in [0.29, 0.717) is 24.3 Å². The SMILES string of the molecule is CC=Cc1ccc(-c2cc(F)c(C(F)(F)Oc3cc(F)c(F)c(F)c3)c(F)c2)nc1.CCCc1ccc(-c2cc(F)c(C(F)(F)Oc3cc(F)c(F)c(F)c3)c(F)c2)nc1. The van der Waals surface area contributed by atoms with E-state index in [4.69, 9.17) is 0 Å². The van der Waals surface area contributed by atoms with Crippen molar-refractivity contribution >= 4 is 6.08 Å². The Balaban J connectivity index is 0.000000228. The minimum atomic E-state index is -4.65. The van der Waals surface area contributed by atoms with E-state index in [9.17, 15) is 61.5 Å². The number of hydrogen-bond donors (Lipinski definition) is 0. The summed E-state index contributed by atoms with van der Waals surface area (Å²) in [5, 5.41) is 0. The van der Waals surface area contributed by atoms with E-state index >= 15 is 0 Å². The van der Waals surface area contributed by atoms with Crippen LogP contribution in [0.2, 0.25) is 0 Å². The Kier molecular flexibility index (Phi) is 13.5. The van der Waals surface area contributed by atoms with Gasteiger partial charge in [0.1, 0.15) is 45.9 Å². The monoisotopic (exact) mass is 856 g/mol. The molecule has 314 valence electrons. The maximum Gasteiger partial charge on any atom is 0.432 e. The molecule has 6 aromatic rings. The van der Waals surface area contributed by atoms with E-state index in [1.165, 1.54) is 24.5 Å². The molecule has 6 rings (SSSR count). The van der Waals surface area contributed by atoms with E-state index in [-0.39, 0.29) is 46.8 Å². The highest BCUT2D eigenvalue weighted by Gasteiger charge is 2.43. The standard InChI is InChI=1S/C21H14F7NO.C21H12F7NO/c2*1-2-3-11-4-5-18(29-10-11)12-6-14(22)19(15(23)7-12)21(27,28)30-13-8-16(24)20(26)17(25)9-13/h4-10H,2-3H2,1H3;2-10H,1H3. The van der Waals surface area contributed by atoms with Crippen LogP contribution in [0.25, 0.3) is 28.6 Å². The van der Waals surface area contributed by atoms with E-state index in [2.05, 4.69) is 19.4 Å². The third kappa shape index (κ3) is 10.2. The van der Waals surface area contributed by atoms with E-state index in [1.807, 2.05) is 6.92 Å². The van der Waals surface area contributed by atoms with Crippen molar-refractivity contribution in [3.63, 3.8) is 0 Å². The minimum Gasteiger partial charge on any atom is -0.429 e. The highest BCUT2D eigenvalue weighted by molar-refractivity contribution is 5.62. The molecule has 0 spiro atoms. The lowest BCUT2D eigenvalue weighted by atomic mass is 10.0. The number of rotatable bonds is 11. The minimum absolute atomic E-state index is 0.0912. The lowest BCUT2D eigenvalue weighted by Crippen LogP contribution is -2.25. The maximum absolute atomic E-state index is 14.4. The highest BCUT2D eigenvalue weighted by atomic mass is 19.3. The smallest absolute Gasteiger partial charge is 0.429 e. The molecule has 0 fully saturated rings. The zero-order chi connectivity index (χ0) is 44.1. The molecular formula is C42H26F14N2O2. The molecule has 60 heavy (non-hydrogen) atoms. The van der Waals surface area contributed by atoms with Crippen molar-refractivity contribution in [1.82, 2.24) is 9.97 Å². The molecule has 0 saturated carbocycles. The van der Waals surface area contributed by atoms with Crippen molar-refractivity contribution in [2.45, 2.75) is 38.9 Å². The number of ether oxygens (including phenoxy) is 2. The summed E-state index contributed by atoms with van der Waals surface area (Å²) in [6.07, 6.45) is -1.23. The third-order valence-corrected chi connectivity index (χ3v) is 8.17. The average molecular weight is 857 g/mol. The van der Waals surface area contributed by atoms with Gasteiger partial charge in [0, 0.05) is 47.8 Å². The second kappa shape index (κ2) is 18.2. The number of hydrogen-bond acceptors (Lipinski definition) is 4. The number of aromatic nitrogens is 2. The number of halogens is 14. The second-order valence-corrected chi connectivity index (χ2v) is 12.5. The number of nitrogens with zero attached hydrogens (tertiary/aromatic N) is 2. The van der Waals surface area contributed by atoms with Gasteiger partial charge in [-0.25, -0.2) is 43.9 Å². The van der Waals surface area contributed by atoms with Crippen molar-refractivity contribution < 1.29 is 70.9 Å². The molecule has 2 aromatic heterocycles. The normalized spacial score (nSPS) is 11.7. The van der Waals surface area contributed by atoms with Crippen molar-refractivity contribution in [3.8, 4) is 34.0 Å². The highest BCUT2D eigenvalue weighted by Crippen LogP contribution is 2.39. The summed E-state index contributed by atoms with van der Waals surface area (Å²) in [6, 6.07) is 9.33. The molecule has 0 bridgehead atoms. The van der Waals surface area contributed by atoms with Gasteiger partial charge in [-0.3, -0.25) is 9.97 Å². The summed E-state index contributed by atoms with van der Waals surface area (Å²) in [5.41, 5.74) is -1.84. The number of benzene rings is 4. The molecule has 0 unspecified atom stereocenters. The fourth-order valence-electron chi connectivity index (χ4n) is 5.48. The van der Waals surface area contributed by atoms with Gasteiger partial charge in [-0.2, -0.15) is 17.6 Å². The van der Waals surface area contributed by atoms with Crippen LogP contribution in [0, 0.1) is 58.2 Å². The number of pyridine rings is 2. The number of allylic oxidation sites excluding steroid dienone is 1. The molecule has 0 aliphatic heterocycles. The van der Waals surface area contributed by atoms with Crippen LogP contribution in [0.1, 0.15) is 42.5 Å². The van der Waals surface area contributed by atoms with Crippen LogP contribution in [0.15, 0.2) is 91.3 Å². The molecular weight excluding hydrogens is 830 g/mol. The first-order valence-electron chi connectivity index (χ1n) is 17.2. The van der Waals surface area contributed by atoms with Crippen LogP contribution < -0.4 is 9.47 Å².